The Morgan fingerprint density at radius 3 is 2.52 bits per heavy atom. The lowest BCUT2D eigenvalue weighted by molar-refractivity contribution is 0.372. The number of benzene rings is 2. The van der Waals surface area contributed by atoms with Crippen LogP contribution in [0, 0.1) is 0 Å². The van der Waals surface area contributed by atoms with Crippen molar-refractivity contribution in [3.05, 3.63) is 65.7 Å². The molecule has 0 saturated heterocycles. The van der Waals surface area contributed by atoms with Crippen LogP contribution < -0.4 is 10.2 Å². The lowest BCUT2D eigenvalue weighted by atomic mass is 9.91. The van der Waals surface area contributed by atoms with Gasteiger partial charge in [-0.05, 0) is 30.5 Å². The quantitative estimate of drug-likeness (QED) is 0.916. The van der Waals surface area contributed by atoms with Crippen LogP contribution in [0.3, 0.4) is 0 Å². The highest BCUT2D eigenvalue weighted by molar-refractivity contribution is 5.55. The van der Waals surface area contributed by atoms with Gasteiger partial charge >= 0.3 is 0 Å². The number of hydrogen-bond donors (Lipinski definition) is 1. The van der Waals surface area contributed by atoms with E-state index in [1.165, 1.54) is 23.2 Å². The van der Waals surface area contributed by atoms with E-state index in [0.29, 0.717) is 0 Å². The second kappa shape index (κ2) is 5.90. The highest BCUT2D eigenvalue weighted by atomic mass is 15.2. The molecule has 2 aromatic carbocycles. The van der Waals surface area contributed by atoms with Crippen molar-refractivity contribution in [1.82, 2.24) is 5.32 Å². The molecule has 1 aliphatic rings. The van der Waals surface area contributed by atoms with Crippen molar-refractivity contribution in [3.8, 4) is 0 Å². The van der Waals surface area contributed by atoms with Crippen LogP contribution in [0.2, 0.25) is 0 Å². The average Bonchev–Trinajstić information content (AvgIpc) is 2.67. The van der Waals surface area contributed by atoms with Crippen LogP contribution in [0.4, 0.5) is 5.69 Å². The fraction of sp³-hybridized carbons (Fsp3) is 0.368. The largest absolute Gasteiger partial charge is 0.369 e. The average molecular weight is 280 g/mol. The summed E-state index contributed by atoms with van der Waals surface area (Å²) >= 11 is 0. The Balaban J connectivity index is 1.98. The Morgan fingerprint density at radius 2 is 1.76 bits per heavy atom. The van der Waals surface area contributed by atoms with Crippen molar-refractivity contribution >= 4 is 5.69 Å². The first-order chi connectivity index (χ1) is 10.2. The van der Waals surface area contributed by atoms with Crippen LogP contribution in [-0.2, 0) is 12.1 Å². The summed E-state index contributed by atoms with van der Waals surface area (Å²) in [6, 6.07) is 19.6. The standard InChI is InChI=1S/C19H24N2/c1-3-13-21-15-19(2,17-10-5-4-6-11-17)20-14-16-9-7-8-12-18(16)21/h4-12,20H,3,13-15H2,1-2H3. The van der Waals surface area contributed by atoms with Crippen molar-refractivity contribution in [2.24, 2.45) is 0 Å². The summed E-state index contributed by atoms with van der Waals surface area (Å²) in [5.74, 6) is 0. The lowest BCUT2D eigenvalue weighted by Crippen LogP contribution is -2.47. The van der Waals surface area contributed by atoms with Gasteiger partial charge in [-0.25, -0.2) is 0 Å². The van der Waals surface area contributed by atoms with Crippen molar-refractivity contribution < 1.29 is 0 Å². The van der Waals surface area contributed by atoms with Gasteiger partial charge in [0.1, 0.15) is 0 Å². The minimum atomic E-state index is -0.0184. The summed E-state index contributed by atoms with van der Waals surface area (Å²) in [5.41, 5.74) is 4.12. The molecular weight excluding hydrogens is 256 g/mol. The number of rotatable bonds is 3. The third-order valence-electron chi connectivity index (χ3n) is 4.41. The summed E-state index contributed by atoms with van der Waals surface area (Å²) < 4.78 is 0. The second-order valence-corrected chi connectivity index (χ2v) is 6.10. The van der Waals surface area contributed by atoms with Gasteiger partial charge in [0.15, 0.2) is 0 Å². The molecule has 2 nitrogen and oxygen atoms in total. The van der Waals surface area contributed by atoms with Crippen molar-refractivity contribution in [2.75, 3.05) is 18.0 Å². The molecule has 2 heteroatoms. The van der Waals surface area contributed by atoms with Gasteiger partial charge < -0.3 is 10.2 Å². The molecule has 1 heterocycles. The number of anilines is 1. The first-order valence-electron chi connectivity index (χ1n) is 7.86. The van der Waals surface area contributed by atoms with Crippen LogP contribution in [0.1, 0.15) is 31.4 Å². The van der Waals surface area contributed by atoms with Crippen LogP contribution in [-0.4, -0.2) is 13.1 Å². The smallest absolute Gasteiger partial charge is 0.0586 e. The number of nitrogens with one attached hydrogen (secondary N) is 1. The number of para-hydroxylation sites is 1. The SMILES string of the molecule is CCCN1CC(C)(c2ccccc2)NCc2ccccc21. The Kier molecular flexibility index (Phi) is 3.98. The van der Waals surface area contributed by atoms with Gasteiger partial charge in [-0.2, -0.15) is 0 Å². The summed E-state index contributed by atoms with van der Waals surface area (Å²) in [4.78, 5) is 2.53. The molecule has 0 bridgehead atoms. The van der Waals surface area contributed by atoms with E-state index < -0.39 is 0 Å². The van der Waals surface area contributed by atoms with E-state index in [1.54, 1.807) is 0 Å². The molecule has 0 aliphatic carbocycles. The van der Waals surface area contributed by atoms with Gasteiger partial charge in [0.05, 0.1) is 5.54 Å². The Morgan fingerprint density at radius 1 is 1.05 bits per heavy atom. The zero-order valence-corrected chi connectivity index (χ0v) is 13.0. The maximum Gasteiger partial charge on any atom is 0.0586 e. The molecule has 1 unspecified atom stereocenters. The van der Waals surface area contributed by atoms with E-state index in [1.807, 2.05) is 0 Å². The number of hydrogen-bond acceptors (Lipinski definition) is 2. The Labute approximate surface area is 127 Å². The van der Waals surface area contributed by atoms with E-state index in [-0.39, 0.29) is 5.54 Å². The molecule has 21 heavy (non-hydrogen) atoms. The summed E-state index contributed by atoms with van der Waals surface area (Å²) in [6.07, 6.45) is 1.17. The highest BCUT2D eigenvalue weighted by Crippen LogP contribution is 2.31. The minimum absolute atomic E-state index is 0.0184. The second-order valence-electron chi connectivity index (χ2n) is 6.10. The van der Waals surface area contributed by atoms with Crippen molar-refractivity contribution in [2.45, 2.75) is 32.4 Å². The van der Waals surface area contributed by atoms with Gasteiger partial charge in [-0.3, -0.25) is 0 Å². The van der Waals surface area contributed by atoms with E-state index >= 15 is 0 Å². The predicted molar refractivity (Wildman–Crippen MR) is 89.6 cm³/mol. The molecule has 1 aliphatic heterocycles. The van der Waals surface area contributed by atoms with Gasteiger partial charge in [-0.15, -0.1) is 0 Å². The summed E-state index contributed by atoms with van der Waals surface area (Å²) in [7, 11) is 0. The topological polar surface area (TPSA) is 15.3 Å². The van der Waals surface area contributed by atoms with E-state index in [4.69, 9.17) is 0 Å². The molecule has 0 fully saturated rings. The Bertz CT molecular complexity index is 594. The molecule has 0 amide bonds. The first-order valence-corrected chi connectivity index (χ1v) is 7.86. The molecule has 0 radical (unpaired) electrons. The monoisotopic (exact) mass is 280 g/mol. The summed E-state index contributed by atoms with van der Waals surface area (Å²) in [5, 5.41) is 3.78. The number of fused-ring (bicyclic) bond motifs is 1. The molecular formula is C19H24N2. The van der Waals surface area contributed by atoms with Crippen LogP contribution >= 0.6 is 0 Å². The molecule has 2 aromatic rings. The molecule has 1 atom stereocenters. The van der Waals surface area contributed by atoms with E-state index in [2.05, 4.69) is 78.7 Å². The zero-order chi connectivity index (χ0) is 14.7. The normalized spacial score (nSPS) is 21.7. The third kappa shape index (κ3) is 2.81. The molecule has 110 valence electrons. The molecule has 3 rings (SSSR count). The summed E-state index contributed by atoms with van der Waals surface area (Å²) in [6.45, 7) is 7.59. The van der Waals surface area contributed by atoms with Gasteiger partial charge in [-0.1, -0.05) is 55.5 Å². The zero-order valence-electron chi connectivity index (χ0n) is 13.0. The fourth-order valence-electron chi connectivity index (χ4n) is 3.25. The fourth-order valence-corrected chi connectivity index (χ4v) is 3.25. The van der Waals surface area contributed by atoms with Crippen LogP contribution in [0.25, 0.3) is 0 Å². The third-order valence-corrected chi connectivity index (χ3v) is 4.41. The Hall–Kier alpha value is -1.80. The minimum Gasteiger partial charge on any atom is -0.369 e. The maximum atomic E-state index is 3.78. The molecule has 0 spiro atoms. The van der Waals surface area contributed by atoms with Crippen molar-refractivity contribution in [1.29, 1.82) is 0 Å². The maximum absolute atomic E-state index is 3.78. The predicted octanol–water partition coefficient (Wildman–Crippen LogP) is 3.92. The van der Waals surface area contributed by atoms with Gasteiger partial charge in [0.25, 0.3) is 0 Å². The molecule has 0 saturated carbocycles. The van der Waals surface area contributed by atoms with E-state index in [9.17, 15) is 0 Å². The van der Waals surface area contributed by atoms with E-state index in [0.717, 1.165) is 19.6 Å². The van der Waals surface area contributed by atoms with Crippen LogP contribution in [0.15, 0.2) is 54.6 Å². The highest BCUT2D eigenvalue weighted by Gasteiger charge is 2.31. The lowest BCUT2D eigenvalue weighted by Gasteiger charge is -2.35. The van der Waals surface area contributed by atoms with Crippen LogP contribution in [0.5, 0.6) is 0 Å². The van der Waals surface area contributed by atoms with Gasteiger partial charge in [0, 0.05) is 25.3 Å². The molecule has 0 aromatic heterocycles. The van der Waals surface area contributed by atoms with Crippen molar-refractivity contribution in [3.63, 3.8) is 0 Å². The first kappa shape index (κ1) is 14.2. The van der Waals surface area contributed by atoms with Gasteiger partial charge in [0.2, 0.25) is 0 Å². The number of nitrogens with zero attached hydrogens (tertiary/aromatic N) is 1. The molecule has 1 N–H and O–H groups in total.